The minimum atomic E-state index is -1.48. The average molecular weight is 173 g/mol. The normalized spacial score (nSPS) is 10.6. The molecule has 0 amide bonds. The van der Waals surface area contributed by atoms with E-state index < -0.39 is 6.29 Å². The molecule has 1 aromatic carbocycles. The molecule has 0 spiro atoms. The predicted molar refractivity (Wildman–Crippen MR) is 43.4 cm³/mol. The van der Waals surface area contributed by atoms with Crippen molar-refractivity contribution in [3.05, 3.63) is 34.3 Å². The van der Waals surface area contributed by atoms with Crippen LogP contribution in [0.2, 0.25) is 5.02 Å². The Kier molecular flexibility index (Phi) is 2.49. The van der Waals surface area contributed by atoms with E-state index in [1.165, 1.54) is 0 Å². The molecule has 1 rings (SSSR count). The van der Waals surface area contributed by atoms with Gasteiger partial charge in [0.15, 0.2) is 6.29 Å². The maximum absolute atomic E-state index is 8.86. The molecular formula is C8H9ClO2. The Hall–Kier alpha value is -0.570. The third-order valence-corrected chi connectivity index (χ3v) is 1.86. The Balaban J connectivity index is 3.21. The molecule has 11 heavy (non-hydrogen) atoms. The van der Waals surface area contributed by atoms with Gasteiger partial charge in [-0.05, 0) is 18.6 Å². The van der Waals surface area contributed by atoms with Gasteiger partial charge in [0.2, 0.25) is 0 Å². The summed E-state index contributed by atoms with van der Waals surface area (Å²) in [5.41, 5.74) is 1.17. The number of hydrogen-bond donors (Lipinski definition) is 2. The van der Waals surface area contributed by atoms with Crippen LogP contribution in [0.15, 0.2) is 18.2 Å². The molecule has 3 heteroatoms. The zero-order valence-electron chi connectivity index (χ0n) is 6.08. The van der Waals surface area contributed by atoms with Gasteiger partial charge < -0.3 is 10.2 Å². The molecule has 0 atom stereocenters. The number of benzene rings is 1. The highest BCUT2D eigenvalue weighted by Gasteiger charge is 2.09. The number of aliphatic hydroxyl groups is 2. The van der Waals surface area contributed by atoms with Crippen molar-refractivity contribution in [2.75, 3.05) is 0 Å². The van der Waals surface area contributed by atoms with Crippen LogP contribution in [-0.2, 0) is 0 Å². The van der Waals surface area contributed by atoms with Crippen molar-refractivity contribution in [3.63, 3.8) is 0 Å². The summed E-state index contributed by atoms with van der Waals surface area (Å²) in [6.07, 6.45) is -1.48. The standard InChI is InChI=1S/C8H9ClO2/c1-5-3-2-4-6(9)7(5)8(10)11/h2-4,8,10-11H,1H3. The summed E-state index contributed by atoms with van der Waals surface area (Å²) in [6.45, 7) is 1.78. The van der Waals surface area contributed by atoms with Crippen molar-refractivity contribution in [1.29, 1.82) is 0 Å². The van der Waals surface area contributed by atoms with Crippen LogP contribution in [-0.4, -0.2) is 10.2 Å². The summed E-state index contributed by atoms with van der Waals surface area (Å²) in [7, 11) is 0. The smallest absolute Gasteiger partial charge is 0.180 e. The van der Waals surface area contributed by atoms with Gasteiger partial charge in [-0.2, -0.15) is 0 Å². The molecule has 0 aliphatic rings. The molecule has 2 N–H and O–H groups in total. The van der Waals surface area contributed by atoms with E-state index in [2.05, 4.69) is 0 Å². The fourth-order valence-corrected chi connectivity index (χ4v) is 1.29. The SMILES string of the molecule is Cc1cccc(Cl)c1C(O)O. The predicted octanol–water partition coefficient (Wildman–Crippen LogP) is 1.63. The molecule has 0 bridgehead atoms. The minimum absolute atomic E-state index is 0.383. The van der Waals surface area contributed by atoms with E-state index in [9.17, 15) is 0 Å². The molecule has 0 aliphatic carbocycles. The second-order valence-corrected chi connectivity index (χ2v) is 2.75. The Morgan fingerprint density at radius 2 is 2.00 bits per heavy atom. The molecule has 0 heterocycles. The topological polar surface area (TPSA) is 40.5 Å². The third kappa shape index (κ3) is 1.71. The maximum Gasteiger partial charge on any atom is 0.180 e. The maximum atomic E-state index is 8.86. The summed E-state index contributed by atoms with van der Waals surface area (Å²) in [6, 6.07) is 5.17. The Bertz CT molecular complexity index is 238. The number of hydrogen-bond acceptors (Lipinski definition) is 2. The highest BCUT2D eigenvalue weighted by Crippen LogP contribution is 2.24. The molecule has 0 unspecified atom stereocenters. The van der Waals surface area contributed by atoms with Crippen LogP contribution in [0.5, 0.6) is 0 Å². The molecule has 0 radical (unpaired) electrons. The van der Waals surface area contributed by atoms with Crippen LogP contribution in [0.3, 0.4) is 0 Å². The highest BCUT2D eigenvalue weighted by atomic mass is 35.5. The lowest BCUT2D eigenvalue weighted by molar-refractivity contribution is -0.0428. The lowest BCUT2D eigenvalue weighted by atomic mass is 10.1. The second kappa shape index (κ2) is 3.22. The Morgan fingerprint density at radius 3 is 2.36 bits per heavy atom. The van der Waals surface area contributed by atoms with Gasteiger partial charge in [-0.1, -0.05) is 23.7 Å². The van der Waals surface area contributed by atoms with Gasteiger partial charge in [-0.3, -0.25) is 0 Å². The summed E-state index contributed by atoms with van der Waals surface area (Å²) >= 11 is 5.70. The second-order valence-electron chi connectivity index (χ2n) is 2.34. The lowest BCUT2D eigenvalue weighted by Gasteiger charge is -2.08. The molecule has 0 aromatic heterocycles. The quantitative estimate of drug-likeness (QED) is 0.633. The van der Waals surface area contributed by atoms with E-state index in [1.54, 1.807) is 25.1 Å². The van der Waals surface area contributed by atoms with Crippen molar-refractivity contribution < 1.29 is 10.2 Å². The van der Waals surface area contributed by atoms with E-state index in [1.807, 2.05) is 0 Å². The lowest BCUT2D eigenvalue weighted by Crippen LogP contribution is -1.98. The Labute approximate surface area is 70.1 Å². The zero-order valence-corrected chi connectivity index (χ0v) is 6.84. The van der Waals surface area contributed by atoms with Crippen molar-refractivity contribution in [2.24, 2.45) is 0 Å². The summed E-state index contributed by atoms with van der Waals surface area (Å²) < 4.78 is 0. The number of aryl methyl sites for hydroxylation is 1. The van der Waals surface area contributed by atoms with Crippen LogP contribution in [0, 0.1) is 6.92 Å². The highest BCUT2D eigenvalue weighted by molar-refractivity contribution is 6.31. The van der Waals surface area contributed by atoms with Gasteiger partial charge in [0.1, 0.15) is 0 Å². The molecule has 0 saturated heterocycles. The van der Waals surface area contributed by atoms with Crippen LogP contribution in [0.1, 0.15) is 17.4 Å². The van der Waals surface area contributed by atoms with Crippen molar-refractivity contribution >= 4 is 11.6 Å². The van der Waals surface area contributed by atoms with Crippen LogP contribution in [0.25, 0.3) is 0 Å². The fraction of sp³-hybridized carbons (Fsp3) is 0.250. The van der Waals surface area contributed by atoms with Gasteiger partial charge in [-0.15, -0.1) is 0 Å². The third-order valence-electron chi connectivity index (χ3n) is 1.53. The number of rotatable bonds is 1. The monoisotopic (exact) mass is 172 g/mol. The first-order valence-corrected chi connectivity index (χ1v) is 3.62. The summed E-state index contributed by atoms with van der Waals surface area (Å²) in [5, 5.41) is 18.1. The molecule has 0 aliphatic heterocycles. The van der Waals surface area contributed by atoms with E-state index >= 15 is 0 Å². The zero-order chi connectivity index (χ0) is 8.43. The van der Waals surface area contributed by atoms with Gasteiger partial charge in [-0.25, -0.2) is 0 Å². The molecule has 2 nitrogen and oxygen atoms in total. The van der Waals surface area contributed by atoms with Crippen LogP contribution in [0.4, 0.5) is 0 Å². The van der Waals surface area contributed by atoms with Crippen molar-refractivity contribution in [1.82, 2.24) is 0 Å². The summed E-state index contributed by atoms with van der Waals surface area (Å²) in [5.74, 6) is 0. The number of aliphatic hydroxyl groups excluding tert-OH is 1. The van der Waals surface area contributed by atoms with E-state index in [0.717, 1.165) is 5.56 Å². The Morgan fingerprint density at radius 1 is 1.36 bits per heavy atom. The van der Waals surface area contributed by atoms with Crippen LogP contribution >= 0.6 is 11.6 Å². The average Bonchev–Trinajstić information content (AvgIpc) is 1.85. The van der Waals surface area contributed by atoms with Gasteiger partial charge in [0.05, 0.1) is 0 Å². The van der Waals surface area contributed by atoms with Gasteiger partial charge >= 0.3 is 0 Å². The molecular weight excluding hydrogens is 164 g/mol. The van der Waals surface area contributed by atoms with Crippen LogP contribution < -0.4 is 0 Å². The minimum Gasteiger partial charge on any atom is -0.364 e. The van der Waals surface area contributed by atoms with Crippen molar-refractivity contribution in [2.45, 2.75) is 13.2 Å². The fourth-order valence-electron chi connectivity index (χ4n) is 0.972. The van der Waals surface area contributed by atoms with Gasteiger partial charge in [0, 0.05) is 10.6 Å². The molecule has 0 saturated carbocycles. The number of halogens is 1. The van der Waals surface area contributed by atoms with E-state index in [0.29, 0.717) is 10.6 Å². The first kappa shape index (κ1) is 8.53. The van der Waals surface area contributed by atoms with E-state index in [4.69, 9.17) is 21.8 Å². The van der Waals surface area contributed by atoms with Crippen molar-refractivity contribution in [3.8, 4) is 0 Å². The molecule has 1 aromatic rings. The van der Waals surface area contributed by atoms with Gasteiger partial charge in [0.25, 0.3) is 0 Å². The molecule has 0 fully saturated rings. The largest absolute Gasteiger partial charge is 0.364 e. The first-order valence-electron chi connectivity index (χ1n) is 3.24. The molecule has 60 valence electrons. The summed E-state index contributed by atoms with van der Waals surface area (Å²) in [4.78, 5) is 0. The van der Waals surface area contributed by atoms with E-state index in [-0.39, 0.29) is 0 Å². The first-order chi connectivity index (χ1) is 5.13.